The van der Waals surface area contributed by atoms with Gasteiger partial charge in [0.2, 0.25) is 0 Å². The van der Waals surface area contributed by atoms with E-state index in [1.807, 2.05) is 0 Å². The third-order valence-electron chi connectivity index (χ3n) is 13.2. The summed E-state index contributed by atoms with van der Waals surface area (Å²) in [5.74, 6) is -5.65. The number of nitrogens with one attached hydrogen (secondary N) is 1. The van der Waals surface area contributed by atoms with Crippen molar-refractivity contribution in [2.75, 3.05) is 6.61 Å². The van der Waals surface area contributed by atoms with Gasteiger partial charge in [0.15, 0.2) is 23.6 Å². The number of ether oxygens (including phenoxy) is 6. The van der Waals surface area contributed by atoms with E-state index in [0.717, 1.165) is 6.92 Å². The topological polar surface area (TPSA) is 210 Å². The molecular formula is C45H53NO14. The number of rotatable bonds is 9. The summed E-state index contributed by atoms with van der Waals surface area (Å²) >= 11 is 0. The molecule has 1 aliphatic heterocycles. The van der Waals surface area contributed by atoms with Crippen LogP contribution in [0.15, 0.2) is 71.8 Å². The largest absolute Gasteiger partial charge is 0.456 e. The lowest BCUT2D eigenvalue weighted by Gasteiger charge is -2.64. The number of amides is 1. The minimum atomic E-state index is -2.25. The minimum absolute atomic E-state index is 0.128. The van der Waals surface area contributed by atoms with Crippen LogP contribution in [0.3, 0.4) is 0 Å². The number of aliphatic hydroxyl groups is 2. The van der Waals surface area contributed by atoms with E-state index in [1.165, 1.54) is 19.1 Å². The van der Waals surface area contributed by atoms with Gasteiger partial charge in [-0.05, 0) is 75.3 Å². The molecule has 3 N–H and O–H groups in total. The van der Waals surface area contributed by atoms with E-state index in [4.69, 9.17) is 28.4 Å². The highest BCUT2D eigenvalue weighted by atomic mass is 16.6. The monoisotopic (exact) mass is 831 g/mol. The molecule has 7 rings (SSSR count). The third kappa shape index (κ3) is 7.07. The molecule has 2 aromatic carbocycles. The first kappa shape index (κ1) is 43.0. The summed E-state index contributed by atoms with van der Waals surface area (Å²) in [4.78, 5) is 82.8. The number of esters is 4. The van der Waals surface area contributed by atoms with Crippen molar-refractivity contribution in [2.24, 2.45) is 22.7 Å². The van der Waals surface area contributed by atoms with E-state index in [9.17, 15) is 34.2 Å². The minimum Gasteiger partial charge on any atom is -0.456 e. The van der Waals surface area contributed by atoms with Gasteiger partial charge >= 0.3 is 30.0 Å². The fraction of sp³-hybridized carbons (Fsp3) is 0.556. The molecule has 3 saturated carbocycles. The van der Waals surface area contributed by atoms with Crippen molar-refractivity contribution in [3.05, 3.63) is 82.9 Å². The molecule has 11 atom stereocenters. The molecule has 1 saturated heterocycles. The summed E-state index contributed by atoms with van der Waals surface area (Å²) in [6.45, 7) is 12.0. The van der Waals surface area contributed by atoms with Gasteiger partial charge in [-0.1, -0.05) is 62.4 Å². The number of fused-ring (bicyclic) bond motifs is 4. The van der Waals surface area contributed by atoms with Gasteiger partial charge in [0.05, 0.1) is 24.1 Å². The highest BCUT2D eigenvalue weighted by molar-refractivity contribution is 5.97. The van der Waals surface area contributed by atoms with Crippen LogP contribution in [-0.4, -0.2) is 99.9 Å². The fourth-order valence-electron chi connectivity index (χ4n) is 10.4. The van der Waals surface area contributed by atoms with Crippen LogP contribution in [0, 0.1) is 22.7 Å². The fourth-order valence-corrected chi connectivity index (χ4v) is 10.4. The van der Waals surface area contributed by atoms with Gasteiger partial charge in [-0.2, -0.15) is 0 Å². The Morgan fingerprint density at radius 2 is 1.53 bits per heavy atom. The predicted molar refractivity (Wildman–Crippen MR) is 210 cm³/mol. The van der Waals surface area contributed by atoms with Gasteiger partial charge in [0, 0.05) is 31.1 Å². The molecule has 2 aromatic rings. The lowest BCUT2D eigenvalue weighted by Crippen LogP contribution is -2.78. The molecule has 5 unspecified atom stereocenters. The second kappa shape index (κ2) is 15.1. The Hall–Kier alpha value is -5.12. The maximum Gasteiger partial charge on any atom is 0.408 e. The van der Waals surface area contributed by atoms with Gasteiger partial charge in [-0.15, -0.1) is 0 Å². The zero-order valence-electron chi connectivity index (χ0n) is 35.0. The van der Waals surface area contributed by atoms with Gasteiger partial charge in [-0.25, -0.2) is 14.4 Å². The molecule has 4 fully saturated rings. The summed E-state index contributed by atoms with van der Waals surface area (Å²) in [5, 5.41) is 27.9. The number of alkyl carbamates (subject to hydrolysis) is 1. The average molecular weight is 832 g/mol. The van der Waals surface area contributed by atoms with Crippen molar-refractivity contribution in [1.29, 1.82) is 0 Å². The van der Waals surface area contributed by atoms with Crippen LogP contribution in [0.1, 0.15) is 96.6 Å². The maximum absolute atomic E-state index is 15.4. The average Bonchev–Trinajstić information content (AvgIpc) is 3.90. The van der Waals surface area contributed by atoms with Crippen molar-refractivity contribution in [2.45, 2.75) is 128 Å². The molecular weight excluding hydrogens is 778 g/mol. The highest BCUT2D eigenvalue weighted by Crippen LogP contribution is 2.74. The molecule has 0 radical (unpaired) electrons. The first-order chi connectivity index (χ1) is 28.1. The third-order valence-corrected chi connectivity index (χ3v) is 13.2. The lowest BCUT2D eigenvalue weighted by molar-refractivity contribution is -0.323. The molecule has 4 aliphatic carbocycles. The smallest absolute Gasteiger partial charge is 0.408 e. The Balaban J connectivity index is 1.37. The van der Waals surface area contributed by atoms with E-state index in [-0.39, 0.29) is 35.7 Å². The molecule has 60 heavy (non-hydrogen) atoms. The molecule has 15 nitrogen and oxygen atoms in total. The van der Waals surface area contributed by atoms with E-state index in [1.54, 1.807) is 90.1 Å². The SMILES string of the molecule is CC(=O)O[C@H]1C(=O)C23C[C@H]2CC2OC[C@@]2(OC(C)=O)C3[C@H](OC(=O)c2ccccc2)[C@]2(O)CC(OC(=O)C(O)[C@@H](NC(=O)OC(C)(C)C)c3ccccc3)C(C)=C1C2(C)C. The zero-order valence-corrected chi connectivity index (χ0v) is 35.0. The molecule has 1 heterocycles. The van der Waals surface area contributed by atoms with E-state index in [0.29, 0.717) is 12.0 Å². The summed E-state index contributed by atoms with van der Waals surface area (Å²) in [5.41, 5.74) is -6.79. The quantitative estimate of drug-likeness (QED) is 0.181. The first-order valence-electron chi connectivity index (χ1n) is 20.2. The molecule has 5 aliphatic rings. The van der Waals surface area contributed by atoms with E-state index < -0.39 is 112 Å². The zero-order chi connectivity index (χ0) is 43.7. The van der Waals surface area contributed by atoms with Crippen LogP contribution in [-0.2, 0) is 47.6 Å². The number of carbonyl (C=O) groups is 6. The van der Waals surface area contributed by atoms with Gasteiger partial charge in [-0.3, -0.25) is 14.4 Å². The van der Waals surface area contributed by atoms with Crippen molar-refractivity contribution in [3.8, 4) is 0 Å². The number of ketones is 1. The summed E-state index contributed by atoms with van der Waals surface area (Å²) in [6, 6.07) is 14.9. The van der Waals surface area contributed by atoms with Crippen molar-refractivity contribution < 1.29 is 67.4 Å². The number of Topliss-reactive ketones (excluding diaryl/α,β-unsaturated/α-hetero) is 1. The van der Waals surface area contributed by atoms with Gasteiger partial charge < -0.3 is 44.0 Å². The molecule has 1 amide bonds. The second-order valence-corrected chi connectivity index (χ2v) is 18.3. The van der Waals surface area contributed by atoms with Crippen molar-refractivity contribution >= 4 is 35.8 Å². The van der Waals surface area contributed by atoms with Gasteiger partial charge in [0.1, 0.15) is 29.5 Å². The Labute approximate surface area is 348 Å². The standard InChI is InChI=1S/C45H53NO14/c1-23-29(57-39(52)33(49)32(26-15-11-9-12-16-26)46-40(53)60-41(4,5)6)21-45(54)37(58-38(51)27-17-13-10-14-18-27)35-43(36(50)34(56-24(2)47)31(23)42(45,7)8)20-28(43)19-30-44(35,22-55-30)59-25(3)48/h9-18,28-30,32-35,37,49,54H,19-22H2,1-8H3,(H,46,53)/t28-,29?,30?,32+,33?,34-,35?,37+,43?,44+,45-/m1/s1. The number of hydrogen-bond acceptors (Lipinski definition) is 14. The molecule has 322 valence electrons. The maximum atomic E-state index is 15.4. The Kier molecular flexibility index (Phi) is 10.8. The number of carbonyl (C=O) groups excluding carboxylic acids is 6. The van der Waals surface area contributed by atoms with Crippen LogP contribution in [0.25, 0.3) is 0 Å². The van der Waals surface area contributed by atoms with Crippen LogP contribution >= 0.6 is 0 Å². The Bertz CT molecular complexity index is 2110. The Morgan fingerprint density at radius 1 is 0.900 bits per heavy atom. The summed E-state index contributed by atoms with van der Waals surface area (Å²) < 4.78 is 36.0. The summed E-state index contributed by atoms with van der Waals surface area (Å²) in [6.07, 6.45) is -8.18. The summed E-state index contributed by atoms with van der Waals surface area (Å²) in [7, 11) is 0. The van der Waals surface area contributed by atoms with Crippen LogP contribution < -0.4 is 5.32 Å². The highest BCUT2D eigenvalue weighted by Gasteiger charge is 2.84. The van der Waals surface area contributed by atoms with Gasteiger partial charge in [0.25, 0.3) is 0 Å². The number of aliphatic hydroxyl groups excluding tert-OH is 1. The lowest BCUT2D eigenvalue weighted by atomic mass is 9.48. The predicted octanol–water partition coefficient (Wildman–Crippen LogP) is 4.47. The van der Waals surface area contributed by atoms with Crippen LogP contribution in [0.2, 0.25) is 0 Å². The van der Waals surface area contributed by atoms with E-state index in [2.05, 4.69) is 5.32 Å². The molecule has 15 heteroatoms. The van der Waals surface area contributed by atoms with E-state index >= 15 is 4.79 Å². The number of benzene rings is 2. The normalized spacial score (nSPS) is 33.3. The Morgan fingerprint density at radius 3 is 2.10 bits per heavy atom. The van der Waals surface area contributed by atoms with Crippen LogP contribution in [0.5, 0.6) is 0 Å². The number of hydrogen-bond donors (Lipinski definition) is 3. The molecule has 2 bridgehead atoms. The van der Waals surface area contributed by atoms with Crippen molar-refractivity contribution in [1.82, 2.24) is 5.32 Å². The molecule has 1 spiro atoms. The molecule has 0 aromatic heterocycles. The first-order valence-corrected chi connectivity index (χ1v) is 20.2. The van der Waals surface area contributed by atoms with Crippen LogP contribution in [0.4, 0.5) is 4.79 Å². The second-order valence-electron chi connectivity index (χ2n) is 18.3. The van der Waals surface area contributed by atoms with Crippen molar-refractivity contribution in [3.63, 3.8) is 0 Å².